The first-order valence-corrected chi connectivity index (χ1v) is 7.48. The highest BCUT2D eigenvalue weighted by atomic mass is 79.9. The van der Waals surface area contributed by atoms with E-state index in [4.69, 9.17) is 0 Å². The van der Waals surface area contributed by atoms with Gasteiger partial charge in [0.25, 0.3) is 0 Å². The van der Waals surface area contributed by atoms with Crippen molar-refractivity contribution in [1.29, 1.82) is 0 Å². The maximum Gasteiger partial charge on any atom is 0.0631 e. The molecular formula is C13H15Br2N3. The molecule has 0 unspecified atom stereocenters. The van der Waals surface area contributed by atoms with Crippen molar-refractivity contribution in [3.63, 3.8) is 0 Å². The number of anilines is 1. The van der Waals surface area contributed by atoms with Crippen LogP contribution in [-0.4, -0.2) is 9.78 Å². The second-order valence-corrected chi connectivity index (χ2v) is 5.77. The third kappa shape index (κ3) is 3.36. The van der Waals surface area contributed by atoms with Crippen molar-refractivity contribution in [3.8, 4) is 0 Å². The number of hydrogen-bond acceptors (Lipinski definition) is 2. The van der Waals surface area contributed by atoms with Crippen molar-refractivity contribution < 1.29 is 0 Å². The molecule has 18 heavy (non-hydrogen) atoms. The van der Waals surface area contributed by atoms with Crippen LogP contribution in [0, 0.1) is 0 Å². The van der Waals surface area contributed by atoms with E-state index in [-0.39, 0.29) is 0 Å². The Morgan fingerprint density at radius 1 is 1.28 bits per heavy atom. The van der Waals surface area contributed by atoms with E-state index in [2.05, 4.69) is 55.4 Å². The van der Waals surface area contributed by atoms with Crippen LogP contribution < -0.4 is 5.32 Å². The van der Waals surface area contributed by atoms with Gasteiger partial charge in [-0.3, -0.25) is 4.68 Å². The van der Waals surface area contributed by atoms with E-state index in [0.717, 1.165) is 34.1 Å². The van der Waals surface area contributed by atoms with Crippen LogP contribution in [0.2, 0.25) is 0 Å². The molecule has 1 heterocycles. The lowest BCUT2D eigenvalue weighted by Gasteiger charge is -2.09. The molecule has 0 saturated carbocycles. The molecule has 3 nitrogen and oxygen atoms in total. The van der Waals surface area contributed by atoms with Crippen LogP contribution in [0.15, 0.2) is 39.5 Å². The summed E-state index contributed by atoms with van der Waals surface area (Å²) in [5.74, 6) is 0. The van der Waals surface area contributed by atoms with Gasteiger partial charge in [0.05, 0.1) is 11.9 Å². The van der Waals surface area contributed by atoms with Crippen molar-refractivity contribution in [2.45, 2.75) is 26.4 Å². The maximum atomic E-state index is 4.32. The minimum Gasteiger partial charge on any atom is -0.379 e. The highest BCUT2D eigenvalue weighted by molar-refractivity contribution is 9.11. The van der Waals surface area contributed by atoms with Gasteiger partial charge >= 0.3 is 0 Å². The van der Waals surface area contributed by atoms with Crippen LogP contribution in [0.1, 0.15) is 18.9 Å². The molecule has 0 aliphatic heterocycles. The minimum absolute atomic E-state index is 0.769. The molecule has 1 aromatic carbocycles. The summed E-state index contributed by atoms with van der Waals surface area (Å²) in [6.45, 7) is 3.89. The van der Waals surface area contributed by atoms with Crippen LogP contribution in [-0.2, 0) is 13.1 Å². The molecule has 0 fully saturated rings. The number of benzene rings is 1. The Kier molecular flexibility index (Phi) is 4.83. The smallest absolute Gasteiger partial charge is 0.0631 e. The van der Waals surface area contributed by atoms with Crippen LogP contribution in [0.5, 0.6) is 0 Å². The molecule has 0 amide bonds. The molecule has 0 aliphatic carbocycles. The summed E-state index contributed by atoms with van der Waals surface area (Å²) in [4.78, 5) is 0. The fourth-order valence-corrected chi connectivity index (χ4v) is 2.99. The lowest BCUT2D eigenvalue weighted by atomic mass is 10.3. The van der Waals surface area contributed by atoms with E-state index in [1.54, 1.807) is 0 Å². The zero-order valence-electron chi connectivity index (χ0n) is 10.2. The predicted octanol–water partition coefficient (Wildman–Crippen LogP) is 4.43. The largest absolute Gasteiger partial charge is 0.379 e. The van der Waals surface area contributed by atoms with Gasteiger partial charge in [0.1, 0.15) is 0 Å². The van der Waals surface area contributed by atoms with Gasteiger partial charge in [0.15, 0.2) is 0 Å². The summed E-state index contributed by atoms with van der Waals surface area (Å²) in [6, 6.07) is 6.04. The summed E-state index contributed by atoms with van der Waals surface area (Å²) in [5.41, 5.74) is 2.26. The molecule has 5 heteroatoms. The first-order valence-electron chi connectivity index (χ1n) is 5.90. The number of para-hydroxylation sites is 1. The molecule has 0 saturated heterocycles. The monoisotopic (exact) mass is 371 g/mol. The number of halogens is 2. The molecule has 2 rings (SSSR count). The van der Waals surface area contributed by atoms with Crippen molar-refractivity contribution in [2.24, 2.45) is 0 Å². The summed E-state index contributed by atoms with van der Waals surface area (Å²) in [6.07, 6.45) is 5.10. The van der Waals surface area contributed by atoms with E-state index in [9.17, 15) is 0 Å². The van der Waals surface area contributed by atoms with Crippen LogP contribution in [0.3, 0.4) is 0 Å². The average molecular weight is 373 g/mol. The molecule has 1 aromatic heterocycles. The van der Waals surface area contributed by atoms with Gasteiger partial charge in [-0.25, -0.2) is 0 Å². The van der Waals surface area contributed by atoms with Gasteiger partial charge in [0, 0.05) is 33.8 Å². The van der Waals surface area contributed by atoms with E-state index in [1.807, 2.05) is 29.1 Å². The molecule has 96 valence electrons. The lowest BCUT2D eigenvalue weighted by Crippen LogP contribution is -2.00. The van der Waals surface area contributed by atoms with E-state index in [0.29, 0.717) is 0 Å². The highest BCUT2D eigenvalue weighted by Crippen LogP contribution is 2.30. The van der Waals surface area contributed by atoms with Crippen LogP contribution in [0.4, 0.5) is 5.69 Å². The fraction of sp³-hybridized carbons (Fsp3) is 0.308. The first kappa shape index (κ1) is 13.6. The molecule has 1 N–H and O–H groups in total. The number of aryl methyl sites for hydroxylation is 1. The Labute approximate surface area is 124 Å². The standard InChI is InChI=1S/C13H15Br2N3/c1-2-6-18-9-10(8-17-18)7-16-13-11(14)4-3-5-12(13)15/h3-5,8-9,16H,2,6-7H2,1H3. The quantitative estimate of drug-likeness (QED) is 0.841. The van der Waals surface area contributed by atoms with Gasteiger partial charge < -0.3 is 5.32 Å². The van der Waals surface area contributed by atoms with Gasteiger partial charge in [-0.2, -0.15) is 5.10 Å². The van der Waals surface area contributed by atoms with Crippen LogP contribution >= 0.6 is 31.9 Å². The summed E-state index contributed by atoms with van der Waals surface area (Å²) in [5, 5.41) is 7.72. The van der Waals surface area contributed by atoms with Gasteiger partial charge in [-0.05, 0) is 50.4 Å². The topological polar surface area (TPSA) is 29.9 Å². The summed E-state index contributed by atoms with van der Waals surface area (Å²) < 4.78 is 4.09. The molecular weight excluding hydrogens is 358 g/mol. The van der Waals surface area contributed by atoms with Gasteiger partial charge in [-0.1, -0.05) is 13.0 Å². The lowest BCUT2D eigenvalue weighted by molar-refractivity contribution is 0.602. The molecule has 0 aliphatic rings. The van der Waals surface area contributed by atoms with Crippen molar-refractivity contribution >= 4 is 37.5 Å². The minimum atomic E-state index is 0.769. The Bertz CT molecular complexity index is 502. The highest BCUT2D eigenvalue weighted by Gasteiger charge is 2.04. The predicted molar refractivity (Wildman–Crippen MR) is 81.7 cm³/mol. The van der Waals surface area contributed by atoms with Crippen molar-refractivity contribution in [3.05, 3.63) is 45.1 Å². The fourth-order valence-electron chi connectivity index (χ4n) is 1.71. The van der Waals surface area contributed by atoms with E-state index in [1.165, 1.54) is 5.56 Å². The molecule has 0 atom stereocenters. The number of nitrogens with zero attached hydrogens (tertiary/aromatic N) is 2. The van der Waals surface area contributed by atoms with E-state index >= 15 is 0 Å². The van der Waals surface area contributed by atoms with E-state index < -0.39 is 0 Å². The third-order valence-electron chi connectivity index (χ3n) is 2.57. The number of aromatic nitrogens is 2. The SMILES string of the molecule is CCCn1cc(CNc2c(Br)cccc2Br)cn1. The zero-order chi connectivity index (χ0) is 13.0. The summed E-state index contributed by atoms with van der Waals surface area (Å²) >= 11 is 7.07. The first-order chi connectivity index (χ1) is 8.70. The van der Waals surface area contributed by atoms with Crippen LogP contribution in [0.25, 0.3) is 0 Å². The molecule has 0 spiro atoms. The second kappa shape index (κ2) is 6.38. The Balaban J connectivity index is 2.02. The molecule has 0 radical (unpaired) electrons. The molecule has 2 aromatic rings. The third-order valence-corrected chi connectivity index (χ3v) is 3.89. The Hall–Kier alpha value is -0.810. The van der Waals surface area contributed by atoms with Gasteiger partial charge in [0.2, 0.25) is 0 Å². The maximum absolute atomic E-state index is 4.32. The average Bonchev–Trinajstić information content (AvgIpc) is 2.77. The number of rotatable bonds is 5. The Morgan fingerprint density at radius 3 is 2.67 bits per heavy atom. The number of hydrogen-bond donors (Lipinski definition) is 1. The summed E-state index contributed by atoms with van der Waals surface area (Å²) in [7, 11) is 0. The number of nitrogens with one attached hydrogen (secondary N) is 1. The zero-order valence-corrected chi connectivity index (χ0v) is 13.3. The second-order valence-electron chi connectivity index (χ2n) is 4.06. The van der Waals surface area contributed by atoms with Crippen molar-refractivity contribution in [1.82, 2.24) is 9.78 Å². The van der Waals surface area contributed by atoms with Gasteiger partial charge in [-0.15, -0.1) is 0 Å². The van der Waals surface area contributed by atoms with Crippen molar-refractivity contribution in [2.75, 3.05) is 5.32 Å². The normalized spacial score (nSPS) is 10.6. The Morgan fingerprint density at radius 2 is 2.00 bits per heavy atom. The molecule has 0 bridgehead atoms.